The molecular formula is C16H25N3O. The second-order valence-corrected chi connectivity index (χ2v) is 6.51. The Morgan fingerprint density at radius 1 is 1.50 bits per heavy atom. The molecule has 0 radical (unpaired) electrons. The summed E-state index contributed by atoms with van der Waals surface area (Å²) in [5.41, 5.74) is 8.20. The number of rotatable bonds is 3. The number of nitrogens with zero attached hydrogens (tertiary/aromatic N) is 1. The molecular weight excluding hydrogens is 250 g/mol. The Morgan fingerprint density at radius 3 is 2.90 bits per heavy atom. The lowest BCUT2D eigenvalue weighted by Crippen LogP contribution is -2.53. The number of anilines is 1. The Labute approximate surface area is 121 Å². The highest BCUT2D eigenvalue weighted by atomic mass is 16.2. The maximum absolute atomic E-state index is 12.1. The molecule has 1 heterocycles. The summed E-state index contributed by atoms with van der Waals surface area (Å²) in [4.78, 5) is 14.3. The van der Waals surface area contributed by atoms with Gasteiger partial charge in [0.15, 0.2) is 0 Å². The number of hydrogen-bond donors (Lipinski definition) is 2. The first-order valence-electron chi connectivity index (χ1n) is 7.21. The minimum Gasteiger partial charge on any atom is -0.327 e. The molecule has 0 saturated carbocycles. The fourth-order valence-corrected chi connectivity index (χ4v) is 2.75. The van der Waals surface area contributed by atoms with E-state index < -0.39 is 0 Å². The lowest BCUT2D eigenvalue weighted by molar-refractivity contribution is -0.118. The van der Waals surface area contributed by atoms with Crippen molar-refractivity contribution in [2.24, 2.45) is 11.1 Å². The summed E-state index contributed by atoms with van der Waals surface area (Å²) in [5.74, 6) is 0.0434. The van der Waals surface area contributed by atoms with Crippen molar-refractivity contribution in [1.82, 2.24) is 4.90 Å². The molecule has 4 heteroatoms. The van der Waals surface area contributed by atoms with Gasteiger partial charge in [-0.2, -0.15) is 0 Å². The topological polar surface area (TPSA) is 58.4 Å². The Hall–Kier alpha value is -1.39. The van der Waals surface area contributed by atoms with Gasteiger partial charge >= 0.3 is 0 Å². The lowest BCUT2D eigenvalue weighted by atomic mass is 9.80. The quantitative estimate of drug-likeness (QED) is 0.887. The first kappa shape index (κ1) is 15.0. The largest absolute Gasteiger partial charge is 0.327 e. The number of amides is 1. The van der Waals surface area contributed by atoms with Crippen molar-refractivity contribution >= 4 is 11.6 Å². The first-order valence-corrected chi connectivity index (χ1v) is 7.21. The smallest absolute Gasteiger partial charge is 0.238 e. The van der Waals surface area contributed by atoms with Crippen LogP contribution in [0.5, 0.6) is 0 Å². The summed E-state index contributed by atoms with van der Waals surface area (Å²) < 4.78 is 0. The van der Waals surface area contributed by atoms with Gasteiger partial charge in [0.25, 0.3) is 0 Å². The van der Waals surface area contributed by atoms with Gasteiger partial charge in [-0.3, -0.25) is 9.69 Å². The van der Waals surface area contributed by atoms with Crippen molar-refractivity contribution in [2.45, 2.75) is 33.2 Å². The number of likely N-dealkylation sites (tertiary alicyclic amines) is 1. The highest BCUT2D eigenvalue weighted by Crippen LogP contribution is 2.27. The van der Waals surface area contributed by atoms with E-state index in [9.17, 15) is 4.79 Å². The van der Waals surface area contributed by atoms with Crippen LogP contribution in [-0.2, 0) is 4.79 Å². The van der Waals surface area contributed by atoms with Gasteiger partial charge in [0.2, 0.25) is 5.91 Å². The third-order valence-electron chi connectivity index (χ3n) is 4.06. The SMILES string of the molecule is Cc1cccc(NC(=O)CN2CCC(N)C(C)(C)C2)c1. The van der Waals surface area contributed by atoms with Crippen LogP contribution in [0, 0.1) is 12.3 Å². The number of nitrogens with two attached hydrogens (primary N) is 1. The van der Waals surface area contributed by atoms with Crippen molar-refractivity contribution < 1.29 is 4.79 Å². The van der Waals surface area contributed by atoms with E-state index in [1.807, 2.05) is 31.2 Å². The molecule has 1 aromatic carbocycles. The van der Waals surface area contributed by atoms with Crippen molar-refractivity contribution in [2.75, 3.05) is 25.0 Å². The minimum absolute atomic E-state index is 0.0434. The molecule has 20 heavy (non-hydrogen) atoms. The highest BCUT2D eigenvalue weighted by molar-refractivity contribution is 5.92. The van der Waals surface area contributed by atoms with Crippen LogP contribution in [0.3, 0.4) is 0 Å². The molecule has 1 aliphatic rings. The molecule has 1 aromatic rings. The van der Waals surface area contributed by atoms with Gasteiger partial charge in [0.1, 0.15) is 0 Å². The van der Waals surface area contributed by atoms with Gasteiger partial charge in [-0.05, 0) is 36.5 Å². The Morgan fingerprint density at radius 2 is 2.25 bits per heavy atom. The van der Waals surface area contributed by atoms with Crippen LogP contribution in [-0.4, -0.2) is 36.5 Å². The van der Waals surface area contributed by atoms with E-state index in [-0.39, 0.29) is 17.4 Å². The maximum Gasteiger partial charge on any atom is 0.238 e. The van der Waals surface area contributed by atoms with E-state index >= 15 is 0 Å². The van der Waals surface area contributed by atoms with E-state index in [1.54, 1.807) is 0 Å². The standard InChI is InChI=1S/C16H25N3O/c1-12-5-4-6-13(9-12)18-15(20)10-19-8-7-14(17)16(2,3)11-19/h4-6,9,14H,7-8,10-11,17H2,1-3H3,(H,18,20). The minimum atomic E-state index is 0.0434. The second-order valence-electron chi connectivity index (χ2n) is 6.51. The zero-order chi connectivity index (χ0) is 14.8. The molecule has 1 atom stereocenters. The Bertz CT molecular complexity index is 484. The van der Waals surface area contributed by atoms with Crippen molar-refractivity contribution in [3.63, 3.8) is 0 Å². The zero-order valence-electron chi connectivity index (χ0n) is 12.6. The van der Waals surface area contributed by atoms with Crippen LogP contribution in [0.1, 0.15) is 25.8 Å². The van der Waals surface area contributed by atoms with E-state index in [0.717, 1.165) is 30.8 Å². The number of hydrogen-bond acceptors (Lipinski definition) is 3. The second kappa shape index (κ2) is 5.94. The first-order chi connectivity index (χ1) is 9.37. The molecule has 2 rings (SSSR count). The van der Waals surface area contributed by atoms with Gasteiger partial charge < -0.3 is 11.1 Å². The lowest BCUT2D eigenvalue weighted by Gasteiger charge is -2.42. The van der Waals surface area contributed by atoms with Crippen LogP contribution in [0.4, 0.5) is 5.69 Å². The molecule has 110 valence electrons. The van der Waals surface area contributed by atoms with Gasteiger partial charge in [-0.15, -0.1) is 0 Å². The number of benzene rings is 1. The predicted molar refractivity (Wildman–Crippen MR) is 82.6 cm³/mol. The molecule has 0 spiro atoms. The average Bonchev–Trinajstić information content (AvgIpc) is 2.33. The highest BCUT2D eigenvalue weighted by Gasteiger charge is 2.33. The summed E-state index contributed by atoms with van der Waals surface area (Å²) in [5, 5.41) is 2.96. The van der Waals surface area contributed by atoms with Crippen LogP contribution in [0.15, 0.2) is 24.3 Å². The van der Waals surface area contributed by atoms with Gasteiger partial charge in [0.05, 0.1) is 6.54 Å². The van der Waals surface area contributed by atoms with E-state index in [2.05, 4.69) is 24.1 Å². The monoisotopic (exact) mass is 275 g/mol. The third kappa shape index (κ3) is 3.81. The Kier molecular flexibility index (Phi) is 4.45. The van der Waals surface area contributed by atoms with Crippen LogP contribution < -0.4 is 11.1 Å². The van der Waals surface area contributed by atoms with Gasteiger partial charge in [0, 0.05) is 24.8 Å². The molecule has 1 fully saturated rings. The fraction of sp³-hybridized carbons (Fsp3) is 0.562. The average molecular weight is 275 g/mol. The molecule has 1 aliphatic heterocycles. The van der Waals surface area contributed by atoms with E-state index in [0.29, 0.717) is 6.54 Å². The van der Waals surface area contributed by atoms with Crippen LogP contribution in [0.25, 0.3) is 0 Å². The number of carbonyl (C=O) groups is 1. The van der Waals surface area contributed by atoms with Crippen LogP contribution >= 0.6 is 0 Å². The summed E-state index contributed by atoms with van der Waals surface area (Å²) in [6.07, 6.45) is 0.949. The molecule has 0 aliphatic carbocycles. The van der Waals surface area contributed by atoms with E-state index in [4.69, 9.17) is 5.73 Å². The summed E-state index contributed by atoms with van der Waals surface area (Å²) in [6.45, 7) is 8.56. The molecule has 1 amide bonds. The number of piperidine rings is 1. The molecule has 4 nitrogen and oxygen atoms in total. The molecule has 1 unspecified atom stereocenters. The number of aryl methyl sites for hydroxylation is 1. The van der Waals surface area contributed by atoms with Crippen LogP contribution in [0.2, 0.25) is 0 Å². The van der Waals surface area contributed by atoms with E-state index in [1.165, 1.54) is 0 Å². The third-order valence-corrected chi connectivity index (χ3v) is 4.06. The zero-order valence-corrected chi connectivity index (χ0v) is 12.6. The summed E-state index contributed by atoms with van der Waals surface area (Å²) >= 11 is 0. The fourth-order valence-electron chi connectivity index (χ4n) is 2.75. The van der Waals surface area contributed by atoms with Gasteiger partial charge in [-0.25, -0.2) is 0 Å². The summed E-state index contributed by atoms with van der Waals surface area (Å²) in [6, 6.07) is 8.09. The molecule has 1 saturated heterocycles. The Balaban J connectivity index is 1.89. The van der Waals surface area contributed by atoms with Crippen molar-refractivity contribution in [3.05, 3.63) is 29.8 Å². The maximum atomic E-state index is 12.1. The van der Waals surface area contributed by atoms with Crippen molar-refractivity contribution in [1.29, 1.82) is 0 Å². The molecule has 3 N–H and O–H groups in total. The van der Waals surface area contributed by atoms with Gasteiger partial charge in [-0.1, -0.05) is 26.0 Å². The number of carbonyl (C=O) groups excluding carboxylic acids is 1. The van der Waals surface area contributed by atoms with Crippen molar-refractivity contribution in [3.8, 4) is 0 Å². The normalized spacial score (nSPS) is 22.5. The molecule has 0 bridgehead atoms. The summed E-state index contributed by atoms with van der Waals surface area (Å²) in [7, 11) is 0. The number of nitrogens with one attached hydrogen (secondary N) is 1. The predicted octanol–water partition coefficient (Wildman–Crippen LogP) is 1.99. The molecule has 0 aromatic heterocycles.